The summed E-state index contributed by atoms with van der Waals surface area (Å²) in [5.74, 6) is 5.79. The third kappa shape index (κ3) is 12.6. The first kappa shape index (κ1) is 72.6. The molecule has 0 bridgehead atoms. The van der Waals surface area contributed by atoms with Crippen LogP contribution < -0.4 is 40.2 Å². The molecule has 0 amide bonds. The van der Waals surface area contributed by atoms with Gasteiger partial charge < -0.3 is 40.2 Å². The Morgan fingerprint density at radius 3 is 0.703 bits per heavy atom. The first-order chi connectivity index (χ1) is 57.0. The van der Waals surface area contributed by atoms with Gasteiger partial charge in [-0.15, -0.1) is 0 Å². The van der Waals surface area contributed by atoms with Gasteiger partial charge in [-0.3, -0.25) is 37.4 Å². The number of nitrogens with one attached hydrogen (secondary N) is 4. The number of fused-ring (bicyclic) bond motifs is 12. The largest absolute Gasteiger partial charge is 0.489 e. The molecule has 4 atom stereocenters. The number of benzene rings is 9. The van der Waals surface area contributed by atoms with Crippen molar-refractivity contribution in [3.63, 3.8) is 0 Å². The second-order valence-electron chi connectivity index (χ2n) is 36.4. The highest BCUT2D eigenvalue weighted by Gasteiger charge is 2.47. The summed E-state index contributed by atoms with van der Waals surface area (Å²) in [7, 11) is 0. The van der Waals surface area contributed by atoms with Gasteiger partial charge in [-0.25, -0.2) is 19.9 Å². The maximum absolute atomic E-state index is 14.5. The van der Waals surface area contributed by atoms with Crippen LogP contribution in [0.5, 0.6) is 23.0 Å². The number of imidazole rings is 4. The van der Waals surface area contributed by atoms with E-state index in [0.717, 1.165) is 134 Å². The number of Topliss-reactive ketones (excluding diaryl/α,β-unsaturated/α-hetero) is 4. The average molecular weight is 1560 g/mol. The van der Waals surface area contributed by atoms with Crippen LogP contribution in [0.15, 0.2) is 251 Å². The second kappa shape index (κ2) is 27.3. The fraction of sp³-hybridized carbons (Fsp3) is 0.286. The van der Waals surface area contributed by atoms with Gasteiger partial charge in [-0.1, -0.05) is 152 Å². The molecule has 4 aliphatic heterocycles. The standard InChI is InChI=1S/C98H90N12O8/c1-95(2)43-71-83(79(111)47-95)87(107-75-21-13-9-17-67(75)99-91(107)103-71)55-25-33-63(34-26-55)115-51-59-41-61(53-117-65-37-29-57(30-38-65)89-85-73(45-97(5,6)49-81(85)113)105-93-101-69-19-11-15-23-77(69)109(89)93)62(54-118-66-39-31-58(32-40-66)90-86-74(46-98(7,8)50-82(86)114)106-94-102-70-20-12-16-24-78(70)110(90)94)42-60(59)52-116-64-35-27-56(28-36-64)88-84-72(44-96(3,4)48-80(84)112)104-92-100-68-18-10-14-22-76(68)108(88)92/h9-42,87-90H,43-54H2,1-8H3,(H,99,103)(H,100,104)(H,101,105)(H,102,106). The van der Waals surface area contributed by atoms with Crippen LogP contribution in [0.1, 0.15) is 175 Å². The van der Waals surface area contributed by atoms with Gasteiger partial charge >= 0.3 is 0 Å². The minimum atomic E-state index is -0.421. The normalized spacial score (nSPS) is 20.5. The summed E-state index contributed by atoms with van der Waals surface area (Å²) in [6.45, 7) is 17.7. The lowest BCUT2D eigenvalue weighted by Gasteiger charge is -2.39. The summed E-state index contributed by atoms with van der Waals surface area (Å²) in [6, 6.07) is 67.2. The number of ether oxygens (including phenoxy) is 4. The first-order valence-electron chi connectivity index (χ1n) is 41.0. The van der Waals surface area contributed by atoms with Crippen molar-refractivity contribution in [2.24, 2.45) is 21.7 Å². The van der Waals surface area contributed by atoms with E-state index in [0.29, 0.717) is 98.2 Å². The minimum Gasteiger partial charge on any atom is -0.489 e. The zero-order valence-electron chi connectivity index (χ0n) is 67.3. The van der Waals surface area contributed by atoms with E-state index in [1.165, 1.54) is 0 Å². The third-order valence-electron chi connectivity index (χ3n) is 25.1. The predicted octanol–water partition coefficient (Wildman–Crippen LogP) is 20.0. The summed E-state index contributed by atoms with van der Waals surface area (Å²) in [5, 5.41) is 14.4. The van der Waals surface area contributed by atoms with E-state index in [-0.39, 0.29) is 71.2 Å². The third-order valence-corrected chi connectivity index (χ3v) is 25.1. The van der Waals surface area contributed by atoms with Crippen LogP contribution in [-0.4, -0.2) is 61.3 Å². The lowest BCUT2D eigenvalue weighted by atomic mass is 9.73. The molecule has 8 heterocycles. The maximum Gasteiger partial charge on any atom is 0.209 e. The molecule has 8 aliphatic rings. The highest BCUT2D eigenvalue weighted by molar-refractivity contribution is 6.04. The molecule has 0 saturated heterocycles. The summed E-state index contributed by atoms with van der Waals surface area (Å²) in [4.78, 5) is 78.1. The van der Waals surface area contributed by atoms with E-state index < -0.39 is 24.2 Å². The van der Waals surface area contributed by atoms with Gasteiger partial charge in [-0.2, -0.15) is 0 Å². The quantitative estimate of drug-likeness (QED) is 0.0706. The van der Waals surface area contributed by atoms with Crippen molar-refractivity contribution in [3.8, 4) is 23.0 Å². The van der Waals surface area contributed by atoms with E-state index in [1.807, 2.05) is 121 Å². The molecule has 0 saturated carbocycles. The van der Waals surface area contributed by atoms with Crippen LogP contribution in [0.25, 0.3) is 44.1 Å². The predicted molar refractivity (Wildman–Crippen MR) is 456 cm³/mol. The summed E-state index contributed by atoms with van der Waals surface area (Å²) < 4.78 is 36.5. The number of rotatable bonds is 16. The fourth-order valence-electron chi connectivity index (χ4n) is 19.9. The molecule has 4 N–H and O–H groups in total. The number of para-hydroxylation sites is 8. The van der Waals surface area contributed by atoms with Crippen LogP contribution in [-0.2, 0) is 45.6 Å². The Balaban J connectivity index is 0.642. The van der Waals surface area contributed by atoms with Gasteiger partial charge in [0.25, 0.3) is 0 Å². The monoisotopic (exact) mass is 1560 g/mol. The number of ketones is 4. The maximum atomic E-state index is 14.5. The molecule has 21 rings (SSSR count). The van der Waals surface area contributed by atoms with Crippen molar-refractivity contribution in [1.82, 2.24) is 38.2 Å². The second-order valence-corrected chi connectivity index (χ2v) is 36.4. The Labute approximate surface area is 682 Å². The molecule has 590 valence electrons. The van der Waals surface area contributed by atoms with E-state index in [4.69, 9.17) is 38.9 Å². The topological polar surface area (TPSA) is 225 Å². The van der Waals surface area contributed by atoms with Crippen LogP contribution >= 0.6 is 0 Å². The molecule has 9 aromatic carbocycles. The number of aromatic nitrogens is 8. The molecule has 13 aromatic rings. The molecular formula is C98H90N12O8. The SMILES string of the molecule is CC1(C)CC(=O)C2=C(C1)Nc1nc3ccccc3n1C2c1ccc(OCc2cc(COc3ccc(C4C5=C(CC(C)(C)CC5=O)Nc5nc6ccccc6n54)cc3)c(COc3ccc(C4C5=C(CC(C)(C)CC5=O)Nc5nc6ccccc6n54)cc3)cc2COc2ccc(C3C4=C(CC(C)(C)CC4=O)Nc4nc5ccccc5n43)cc2)cc1. The van der Waals surface area contributed by atoms with Crippen molar-refractivity contribution in [2.45, 2.75) is 157 Å². The number of nitrogens with zero attached hydrogens (tertiary/aromatic N) is 8. The smallest absolute Gasteiger partial charge is 0.209 e. The Bertz CT molecular complexity index is 5780. The molecular weight excluding hydrogens is 1470 g/mol. The number of allylic oxidation sites excluding steroid dienone is 8. The van der Waals surface area contributed by atoms with Gasteiger partial charge in [0.15, 0.2) is 23.1 Å². The van der Waals surface area contributed by atoms with E-state index in [2.05, 4.69) is 180 Å². The van der Waals surface area contributed by atoms with Crippen molar-refractivity contribution in [1.29, 1.82) is 0 Å². The fourth-order valence-corrected chi connectivity index (χ4v) is 19.9. The zero-order valence-corrected chi connectivity index (χ0v) is 67.3. The van der Waals surface area contributed by atoms with Crippen LogP contribution in [0.2, 0.25) is 0 Å². The Morgan fingerprint density at radius 2 is 0.492 bits per heavy atom. The number of carbonyl (C=O) groups excluding carboxylic acids is 4. The van der Waals surface area contributed by atoms with Crippen LogP contribution in [0.4, 0.5) is 23.8 Å². The summed E-state index contributed by atoms with van der Waals surface area (Å²) >= 11 is 0. The Morgan fingerprint density at radius 1 is 0.288 bits per heavy atom. The molecule has 4 unspecified atom stereocenters. The molecule has 20 nitrogen and oxygen atoms in total. The van der Waals surface area contributed by atoms with Crippen molar-refractivity contribution >= 4 is 91.1 Å². The molecule has 0 spiro atoms. The molecule has 20 heteroatoms. The molecule has 0 fully saturated rings. The van der Waals surface area contributed by atoms with Gasteiger partial charge in [0.1, 0.15) is 49.4 Å². The van der Waals surface area contributed by atoms with Crippen LogP contribution in [0, 0.1) is 21.7 Å². The average Bonchev–Trinajstić information content (AvgIpc) is 1.53. The zero-order chi connectivity index (χ0) is 80.4. The Kier molecular flexibility index (Phi) is 16.8. The van der Waals surface area contributed by atoms with Gasteiger partial charge in [0.05, 0.1) is 68.3 Å². The highest BCUT2D eigenvalue weighted by Crippen LogP contribution is 2.53. The lowest BCUT2D eigenvalue weighted by molar-refractivity contribution is -0.119. The molecule has 0 radical (unpaired) electrons. The van der Waals surface area contributed by atoms with Crippen molar-refractivity contribution in [3.05, 3.63) is 296 Å². The van der Waals surface area contributed by atoms with Gasteiger partial charge in [-0.05, 0) is 201 Å². The van der Waals surface area contributed by atoms with E-state index >= 15 is 0 Å². The Hall–Kier alpha value is -13.1. The minimum absolute atomic E-state index is 0.119. The highest BCUT2D eigenvalue weighted by atomic mass is 16.5. The molecule has 4 aliphatic carbocycles. The van der Waals surface area contributed by atoms with Crippen LogP contribution in [0.3, 0.4) is 0 Å². The number of anilines is 4. The van der Waals surface area contributed by atoms with E-state index in [9.17, 15) is 19.2 Å². The molecule has 118 heavy (non-hydrogen) atoms. The van der Waals surface area contributed by atoms with Gasteiger partial charge in [0, 0.05) is 70.8 Å². The summed E-state index contributed by atoms with van der Waals surface area (Å²) in [6.07, 6.45) is 4.59. The van der Waals surface area contributed by atoms with Crippen molar-refractivity contribution in [2.75, 3.05) is 21.3 Å². The molecule has 4 aromatic heterocycles. The number of carbonyl (C=O) groups is 4. The first-order valence-corrected chi connectivity index (χ1v) is 41.0. The van der Waals surface area contributed by atoms with Gasteiger partial charge in [0.2, 0.25) is 23.8 Å². The van der Waals surface area contributed by atoms with E-state index in [1.54, 1.807) is 0 Å². The van der Waals surface area contributed by atoms with Crippen molar-refractivity contribution < 1.29 is 38.1 Å². The number of hydrogen-bond donors (Lipinski definition) is 4. The summed E-state index contributed by atoms with van der Waals surface area (Å²) in [5.41, 5.74) is 20.0. The lowest BCUT2D eigenvalue weighted by Crippen LogP contribution is -2.36. The number of hydrogen-bond acceptors (Lipinski definition) is 16.